The van der Waals surface area contributed by atoms with Crippen molar-refractivity contribution in [2.24, 2.45) is 23.7 Å². The van der Waals surface area contributed by atoms with E-state index in [2.05, 4.69) is 19.1 Å². The van der Waals surface area contributed by atoms with E-state index >= 15 is 0 Å². The molecular formula is C26H42O6. The Bertz CT molecular complexity index is 624. The molecule has 0 aromatic rings. The highest BCUT2D eigenvalue weighted by molar-refractivity contribution is 5.68. The van der Waals surface area contributed by atoms with Crippen LogP contribution < -0.4 is 0 Å². The summed E-state index contributed by atoms with van der Waals surface area (Å²) in [6, 6.07) is 0. The summed E-state index contributed by atoms with van der Waals surface area (Å²) in [5.74, 6) is -1.89. The molecule has 0 saturated carbocycles. The lowest BCUT2D eigenvalue weighted by Gasteiger charge is -2.38. The zero-order valence-corrected chi connectivity index (χ0v) is 19.6. The number of carboxylic acids is 3. The SMILES string of the molecule is CCCCCC1C=CC(CCCCCCCCC(=O)O)C(CC(=O)O)C1C=CCC(=O)O. The summed E-state index contributed by atoms with van der Waals surface area (Å²) in [6.07, 6.45) is 19.6. The van der Waals surface area contributed by atoms with Crippen LogP contribution in [0.1, 0.15) is 96.8 Å². The number of hydrogen-bond donors (Lipinski definition) is 3. The molecule has 6 heteroatoms. The number of allylic oxidation sites excluding steroid dienone is 3. The summed E-state index contributed by atoms with van der Waals surface area (Å²) in [5, 5.41) is 27.3. The first-order valence-electron chi connectivity index (χ1n) is 12.4. The van der Waals surface area contributed by atoms with E-state index in [0.717, 1.165) is 70.6 Å². The van der Waals surface area contributed by atoms with Gasteiger partial charge in [0.2, 0.25) is 0 Å². The summed E-state index contributed by atoms with van der Waals surface area (Å²) in [7, 11) is 0. The zero-order chi connectivity index (χ0) is 23.8. The monoisotopic (exact) mass is 450 g/mol. The number of aliphatic carboxylic acids is 3. The van der Waals surface area contributed by atoms with Crippen molar-refractivity contribution in [3.8, 4) is 0 Å². The van der Waals surface area contributed by atoms with Gasteiger partial charge in [-0.2, -0.15) is 0 Å². The fourth-order valence-corrected chi connectivity index (χ4v) is 4.85. The van der Waals surface area contributed by atoms with Gasteiger partial charge in [-0.25, -0.2) is 0 Å². The van der Waals surface area contributed by atoms with Gasteiger partial charge in [-0.15, -0.1) is 0 Å². The van der Waals surface area contributed by atoms with Crippen molar-refractivity contribution in [1.29, 1.82) is 0 Å². The van der Waals surface area contributed by atoms with Crippen molar-refractivity contribution in [3.63, 3.8) is 0 Å². The molecule has 6 nitrogen and oxygen atoms in total. The number of carboxylic acid groups (broad SMARTS) is 3. The van der Waals surface area contributed by atoms with Crippen molar-refractivity contribution in [2.75, 3.05) is 0 Å². The second-order valence-corrected chi connectivity index (χ2v) is 9.13. The molecule has 32 heavy (non-hydrogen) atoms. The van der Waals surface area contributed by atoms with Gasteiger partial charge >= 0.3 is 17.9 Å². The molecule has 0 fully saturated rings. The summed E-state index contributed by atoms with van der Waals surface area (Å²) in [6.45, 7) is 2.16. The van der Waals surface area contributed by atoms with E-state index in [1.165, 1.54) is 0 Å². The van der Waals surface area contributed by atoms with Crippen LogP contribution in [0.3, 0.4) is 0 Å². The molecule has 0 saturated heterocycles. The van der Waals surface area contributed by atoms with Gasteiger partial charge in [0.25, 0.3) is 0 Å². The Labute approximate surface area is 192 Å². The molecule has 0 aromatic heterocycles. The van der Waals surface area contributed by atoms with Crippen LogP contribution in [-0.4, -0.2) is 33.2 Å². The number of carbonyl (C=O) groups is 3. The second kappa shape index (κ2) is 16.5. The highest BCUT2D eigenvalue weighted by Gasteiger charge is 2.35. The molecule has 0 radical (unpaired) electrons. The minimum atomic E-state index is -0.871. The van der Waals surface area contributed by atoms with Crippen molar-refractivity contribution in [2.45, 2.75) is 96.8 Å². The average molecular weight is 451 g/mol. The maximum absolute atomic E-state index is 11.6. The Morgan fingerprint density at radius 1 is 0.750 bits per heavy atom. The fourth-order valence-electron chi connectivity index (χ4n) is 4.85. The molecule has 0 amide bonds. The van der Waals surface area contributed by atoms with Gasteiger partial charge in [0.15, 0.2) is 0 Å². The van der Waals surface area contributed by atoms with Crippen LogP contribution in [0.5, 0.6) is 0 Å². The van der Waals surface area contributed by atoms with Gasteiger partial charge in [0, 0.05) is 12.8 Å². The van der Waals surface area contributed by atoms with Crippen LogP contribution in [0.25, 0.3) is 0 Å². The smallest absolute Gasteiger partial charge is 0.307 e. The highest BCUT2D eigenvalue weighted by atomic mass is 16.4. The van der Waals surface area contributed by atoms with Crippen molar-refractivity contribution < 1.29 is 29.7 Å². The quantitative estimate of drug-likeness (QED) is 0.167. The lowest BCUT2D eigenvalue weighted by atomic mass is 9.66. The first kappa shape index (κ1) is 27.9. The Kier molecular flexibility index (Phi) is 14.4. The van der Waals surface area contributed by atoms with E-state index in [1.807, 2.05) is 6.08 Å². The molecule has 0 aromatic carbocycles. The minimum absolute atomic E-state index is 0.00950. The van der Waals surface area contributed by atoms with Gasteiger partial charge in [0.05, 0.1) is 6.42 Å². The fraction of sp³-hybridized carbons (Fsp3) is 0.731. The first-order chi connectivity index (χ1) is 15.3. The Morgan fingerprint density at radius 2 is 1.34 bits per heavy atom. The van der Waals surface area contributed by atoms with Gasteiger partial charge in [-0.05, 0) is 42.9 Å². The minimum Gasteiger partial charge on any atom is -0.481 e. The molecule has 0 heterocycles. The molecule has 182 valence electrons. The third-order valence-electron chi connectivity index (χ3n) is 6.52. The molecule has 4 unspecified atom stereocenters. The summed E-state index contributed by atoms with van der Waals surface area (Å²) < 4.78 is 0. The average Bonchev–Trinajstić information content (AvgIpc) is 2.72. The number of unbranched alkanes of at least 4 members (excludes halogenated alkanes) is 7. The molecule has 4 atom stereocenters. The van der Waals surface area contributed by atoms with Crippen LogP contribution in [0, 0.1) is 23.7 Å². The van der Waals surface area contributed by atoms with E-state index in [9.17, 15) is 19.5 Å². The van der Waals surface area contributed by atoms with E-state index in [4.69, 9.17) is 10.2 Å². The third kappa shape index (κ3) is 12.1. The summed E-state index contributed by atoms with van der Waals surface area (Å²) in [5.41, 5.74) is 0. The molecule has 0 bridgehead atoms. The first-order valence-corrected chi connectivity index (χ1v) is 12.4. The second-order valence-electron chi connectivity index (χ2n) is 9.13. The largest absolute Gasteiger partial charge is 0.481 e. The number of rotatable bonds is 18. The van der Waals surface area contributed by atoms with E-state index in [-0.39, 0.29) is 42.9 Å². The standard InChI is InChI=1S/C26H42O6/c1-2-3-8-12-20-17-18-21(13-9-6-4-5-7-10-15-24(27)28)23(19-26(31)32)22(20)14-11-16-25(29)30/h11,14,17-18,20-23H,2-10,12-13,15-16,19H2,1H3,(H,27,28)(H,29,30)(H,31,32). The van der Waals surface area contributed by atoms with Crippen molar-refractivity contribution in [3.05, 3.63) is 24.3 Å². The summed E-state index contributed by atoms with van der Waals surface area (Å²) in [4.78, 5) is 33.2. The van der Waals surface area contributed by atoms with Gasteiger partial charge < -0.3 is 15.3 Å². The van der Waals surface area contributed by atoms with Crippen LogP contribution in [0.15, 0.2) is 24.3 Å². The Morgan fingerprint density at radius 3 is 1.97 bits per heavy atom. The predicted octanol–water partition coefficient (Wildman–Crippen LogP) is 6.31. The van der Waals surface area contributed by atoms with E-state index in [1.54, 1.807) is 6.08 Å². The molecule has 1 aliphatic rings. The van der Waals surface area contributed by atoms with Crippen molar-refractivity contribution in [1.82, 2.24) is 0 Å². The maximum Gasteiger partial charge on any atom is 0.307 e. The molecule has 3 N–H and O–H groups in total. The molecule has 1 aliphatic carbocycles. The molecule has 0 aliphatic heterocycles. The zero-order valence-electron chi connectivity index (χ0n) is 19.6. The molecule has 1 rings (SSSR count). The molecular weight excluding hydrogens is 408 g/mol. The Balaban J connectivity index is 2.71. The Hall–Kier alpha value is -2.11. The normalized spacial score (nSPS) is 22.9. The lowest BCUT2D eigenvalue weighted by molar-refractivity contribution is -0.139. The van der Waals surface area contributed by atoms with E-state index < -0.39 is 17.9 Å². The van der Waals surface area contributed by atoms with Gasteiger partial charge in [0.1, 0.15) is 0 Å². The molecule has 0 spiro atoms. The van der Waals surface area contributed by atoms with Gasteiger partial charge in [-0.1, -0.05) is 82.6 Å². The third-order valence-corrected chi connectivity index (χ3v) is 6.52. The van der Waals surface area contributed by atoms with Crippen LogP contribution in [-0.2, 0) is 14.4 Å². The van der Waals surface area contributed by atoms with Crippen LogP contribution in [0.2, 0.25) is 0 Å². The number of hydrogen-bond acceptors (Lipinski definition) is 3. The lowest BCUT2D eigenvalue weighted by Crippen LogP contribution is -2.32. The van der Waals surface area contributed by atoms with Crippen LogP contribution in [0.4, 0.5) is 0 Å². The van der Waals surface area contributed by atoms with Crippen LogP contribution >= 0.6 is 0 Å². The predicted molar refractivity (Wildman–Crippen MR) is 125 cm³/mol. The van der Waals surface area contributed by atoms with Gasteiger partial charge in [-0.3, -0.25) is 14.4 Å². The topological polar surface area (TPSA) is 112 Å². The summed E-state index contributed by atoms with van der Waals surface area (Å²) >= 11 is 0. The highest BCUT2D eigenvalue weighted by Crippen LogP contribution is 2.42. The maximum atomic E-state index is 11.6. The van der Waals surface area contributed by atoms with Crippen molar-refractivity contribution >= 4 is 17.9 Å². The van der Waals surface area contributed by atoms with E-state index in [0.29, 0.717) is 0 Å².